The highest BCUT2D eigenvalue weighted by Crippen LogP contribution is 2.44. The molecule has 7 heteroatoms. The first-order chi connectivity index (χ1) is 42.5. The lowest BCUT2D eigenvalue weighted by Gasteiger charge is -2.30. The van der Waals surface area contributed by atoms with Crippen molar-refractivity contribution in [3.8, 4) is 33.8 Å². The van der Waals surface area contributed by atoms with Gasteiger partial charge in [0.05, 0.1) is 11.4 Å². The van der Waals surface area contributed by atoms with E-state index in [0.717, 1.165) is 23.4 Å². The third-order valence-corrected chi connectivity index (χ3v) is 16.2. The second-order valence-electron chi connectivity index (χ2n) is 21.9. The molecule has 5 heterocycles. The number of rotatable bonds is 9. The molecule has 0 fully saturated rings. The zero-order chi connectivity index (χ0) is 64.2. The maximum atomic E-state index is 7.81. The van der Waals surface area contributed by atoms with Crippen molar-refractivity contribution >= 4 is 28.4 Å². The molecule has 7 aromatic carbocycles. The molecule has 10 aromatic rings. The van der Waals surface area contributed by atoms with Crippen molar-refractivity contribution in [2.75, 3.05) is 26.6 Å². The van der Waals surface area contributed by atoms with Gasteiger partial charge in [0.15, 0.2) is 18.6 Å². The minimum Gasteiger partial charge on any atom is -0.353 e. The first kappa shape index (κ1) is 56.4. The van der Waals surface area contributed by atoms with Crippen LogP contribution in [-0.2, 0) is 40.3 Å². The van der Waals surface area contributed by atoms with Crippen molar-refractivity contribution in [1.29, 1.82) is 0 Å². The van der Waals surface area contributed by atoms with Crippen LogP contribution >= 0.6 is 0 Å². The quantitative estimate of drug-likeness (QED) is 0.134. The molecule has 0 amide bonds. The molecule has 0 radical (unpaired) electrons. The second-order valence-corrected chi connectivity index (χ2v) is 21.9. The van der Waals surface area contributed by atoms with Crippen molar-refractivity contribution in [2.24, 2.45) is 21.1 Å². The Morgan fingerprint density at radius 3 is 1.31 bits per heavy atom. The van der Waals surface area contributed by atoms with Gasteiger partial charge in [0.25, 0.3) is 0 Å². The molecule has 434 valence electrons. The van der Waals surface area contributed by atoms with Crippen LogP contribution in [0.2, 0.25) is 0 Å². The van der Waals surface area contributed by atoms with Crippen molar-refractivity contribution in [2.45, 2.75) is 101 Å². The van der Waals surface area contributed by atoms with Gasteiger partial charge in [-0.15, -0.1) is 0 Å². The van der Waals surface area contributed by atoms with Crippen LogP contribution in [0.1, 0.15) is 84.6 Å². The Morgan fingerprint density at radius 1 is 0.388 bits per heavy atom. The predicted molar refractivity (Wildman–Crippen MR) is 360 cm³/mol. The standard InChI is InChI=1S/C17H18N2.C16H18N2.3C15H18N/c1-14-8-6-7-11-17(14)19-13-12-18(15(19)2)16-9-4-3-5-10-16;1-12-8-4-5-9-14(12)18-13(2)17(3)15-10-6-7-11-16(15)18;1-4-13-9-10-16(3)15(11-13)14-8-6-5-7-12(14)2;2*1-4-13-9-10-15(16(3)11-13)14-8-6-5-7-12(14)2/h3-13,15H,1-2H3;4-11,13H,1-3H3;3*5-11H,4H2,1-3H3/q;;3*+1/i;;2*4D2;. The number of aromatic nitrogens is 3. The molecular formula is C78H90N7+3. The molecule has 0 saturated carbocycles. The number of hydrogen-bond acceptors (Lipinski definition) is 4. The Morgan fingerprint density at radius 2 is 0.812 bits per heavy atom. The molecule has 2 atom stereocenters. The van der Waals surface area contributed by atoms with Crippen LogP contribution in [0, 0.1) is 34.6 Å². The van der Waals surface area contributed by atoms with Gasteiger partial charge in [-0.05, 0) is 168 Å². The third kappa shape index (κ3) is 15.0. The predicted octanol–water partition coefficient (Wildman–Crippen LogP) is 17.2. The Labute approximate surface area is 515 Å². The maximum absolute atomic E-state index is 7.81. The van der Waals surface area contributed by atoms with E-state index in [2.05, 4.69) is 270 Å². The first-order valence-electron chi connectivity index (χ1n) is 31.7. The minimum absolute atomic E-state index is 0.295. The summed E-state index contributed by atoms with van der Waals surface area (Å²) >= 11 is 0. The van der Waals surface area contributed by atoms with Gasteiger partial charge in [0.1, 0.15) is 33.5 Å². The number of benzene rings is 7. The maximum Gasteiger partial charge on any atom is 0.212 e. The van der Waals surface area contributed by atoms with E-state index < -0.39 is 12.7 Å². The highest BCUT2D eigenvalue weighted by Gasteiger charge is 2.32. The molecule has 12 rings (SSSR count). The summed E-state index contributed by atoms with van der Waals surface area (Å²) in [6.45, 7) is 20.5. The van der Waals surface area contributed by atoms with Crippen LogP contribution in [0.3, 0.4) is 0 Å². The first-order valence-corrected chi connectivity index (χ1v) is 29.7. The lowest BCUT2D eigenvalue weighted by molar-refractivity contribution is -0.660. The van der Waals surface area contributed by atoms with E-state index in [-0.39, 0.29) is 0 Å². The molecule has 0 bridgehead atoms. The highest BCUT2D eigenvalue weighted by molar-refractivity contribution is 5.84. The van der Waals surface area contributed by atoms with E-state index in [0.29, 0.717) is 23.5 Å². The van der Waals surface area contributed by atoms with Gasteiger partial charge in [-0.3, -0.25) is 0 Å². The molecule has 85 heavy (non-hydrogen) atoms. The molecule has 2 aliphatic heterocycles. The summed E-state index contributed by atoms with van der Waals surface area (Å²) in [5.74, 6) is 0. The SMILES string of the molecule is CCc1ccc(-c2ccccc2C)[n+](C)c1.Cc1ccccc1N1C=CN(c2ccccc2)C1C.Cc1ccccc1N1c2ccccc2N(C)C1C.[2H]C([2H])(C)c1cc[n+](C)c(-c2ccccc2C)c1.[2H]C([2H])(C)c1ccc(-c2ccccc2C)[n+](C)c1. The van der Waals surface area contributed by atoms with Crippen LogP contribution < -0.4 is 33.3 Å². The van der Waals surface area contributed by atoms with Crippen molar-refractivity contribution < 1.29 is 19.2 Å². The summed E-state index contributed by atoms with van der Waals surface area (Å²) in [5.41, 5.74) is 22.6. The molecule has 0 N–H and O–H groups in total. The largest absolute Gasteiger partial charge is 0.353 e. The molecule has 2 aliphatic rings. The van der Waals surface area contributed by atoms with Gasteiger partial charge in [0, 0.05) is 94.1 Å². The molecule has 0 aliphatic carbocycles. The Balaban J connectivity index is 0.000000144. The lowest BCUT2D eigenvalue weighted by atomic mass is 10.0. The fourth-order valence-electron chi connectivity index (χ4n) is 11.0. The molecule has 2 unspecified atom stereocenters. The van der Waals surface area contributed by atoms with Crippen LogP contribution in [0.4, 0.5) is 28.4 Å². The average molecular weight is 1130 g/mol. The number of aryl methyl sites for hydroxylation is 11. The number of pyridine rings is 3. The zero-order valence-corrected chi connectivity index (χ0v) is 52.6. The second kappa shape index (κ2) is 29.4. The number of hydrogen-bond donors (Lipinski definition) is 0. The van der Waals surface area contributed by atoms with E-state index in [1.807, 2.05) is 90.2 Å². The fourth-order valence-corrected chi connectivity index (χ4v) is 11.0. The average Bonchev–Trinajstić information content (AvgIpc) is 2.13. The van der Waals surface area contributed by atoms with Gasteiger partial charge in [-0.25, -0.2) is 13.7 Å². The van der Waals surface area contributed by atoms with Gasteiger partial charge in [-0.2, -0.15) is 0 Å². The zero-order valence-electron chi connectivity index (χ0n) is 56.6. The van der Waals surface area contributed by atoms with Crippen LogP contribution in [0.15, 0.2) is 243 Å². The lowest BCUT2D eigenvalue weighted by Crippen LogP contribution is -2.36. The molecular weight excluding hydrogens is 1030 g/mol. The normalized spacial score (nSPS) is 14.8. The van der Waals surface area contributed by atoms with E-state index in [1.54, 1.807) is 13.8 Å². The van der Waals surface area contributed by atoms with Gasteiger partial charge in [-0.1, -0.05) is 142 Å². The number of fused-ring (bicyclic) bond motifs is 1. The summed E-state index contributed by atoms with van der Waals surface area (Å²) in [5, 5.41) is 0. The van der Waals surface area contributed by atoms with Crippen molar-refractivity contribution in [3.63, 3.8) is 0 Å². The highest BCUT2D eigenvalue weighted by atomic mass is 15.4. The van der Waals surface area contributed by atoms with E-state index in [1.165, 1.54) is 78.6 Å². The van der Waals surface area contributed by atoms with E-state index in [9.17, 15) is 0 Å². The number of anilines is 5. The number of nitrogens with zero attached hydrogens (tertiary/aromatic N) is 7. The molecule has 0 saturated heterocycles. The van der Waals surface area contributed by atoms with Crippen LogP contribution in [0.25, 0.3) is 33.8 Å². The number of para-hydroxylation sites is 5. The van der Waals surface area contributed by atoms with Gasteiger partial charge in [0.2, 0.25) is 17.1 Å². The van der Waals surface area contributed by atoms with Crippen molar-refractivity contribution in [3.05, 3.63) is 288 Å². The fraction of sp³-hybridized carbons (Fsp3) is 0.244. The Bertz CT molecular complexity index is 4020. The van der Waals surface area contributed by atoms with E-state index in [4.69, 9.17) is 5.48 Å². The summed E-state index contributed by atoms with van der Waals surface area (Å²) in [7, 11) is 8.20. The molecule has 3 aromatic heterocycles. The minimum atomic E-state index is -1.31. The molecule has 0 spiro atoms. The summed E-state index contributed by atoms with van der Waals surface area (Å²) in [6.07, 6.45) is 9.40. The molecule has 7 nitrogen and oxygen atoms in total. The Kier molecular flexibility index (Phi) is 19.5. The van der Waals surface area contributed by atoms with Gasteiger partial charge >= 0.3 is 0 Å². The van der Waals surface area contributed by atoms with E-state index >= 15 is 0 Å². The summed E-state index contributed by atoms with van der Waals surface area (Å²) in [6, 6.07) is 73.1. The summed E-state index contributed by atoms with van der Waals surface area (Å²) in [4.78, 5) is 9.32. The van der Waals surface area contributed by atoms with Gasteiger partial charge < -0.3 is 19.6 Å². The van der Waals surface area contributed by atoms with Crippen molar-refractivity contribution in [1.82, 2.24) is 0 Å². The third-order valence-electron chi connectivity index (χ3n) is 16.2. The summed E-state index contributed by atoms with van der Waals surface area (Å²) < 4.78 is 37.3. The van der Waals surface area contributed by atoms with Crippen LogP contribution in [-0.4, -0.2) is 19.4 Å². The smallest absolute Gasteiger partial charge is 0.212 e. The monoisotopic (exact) mass is 1130 g/mol. The Hall–Kier alpha value is -9.07. The topological polar surface area (TPSA) is 24.6 Å². The van der Waals surface area contributed by atoms with Crippen LogP contribution in [0.5, 0.6) is 0 Å².